The number of benzene rings is 1. The van der Waals surface area contributed by atoms with Gasteiger partial charge in [-0.05, 0) is 24.1 Å². The van der Waals surface area contributed by atoms with Gasteiger partial charge in [0.2, 0.25) is 0 Å². The van der Waals surface area contributed by atoms with Crippen molar-refractivity contribution in [3.8, 4) is 5.75 Å². The Balaban J connectivity index is 2.62. The molecule has 0 aliphatic carbocycles. The predicted molar refractivity (Wildman–Crippen MR) is 59.6 cm³/mol. The van der Waals surface area contributed by atoms with Crippen molar-refractivity contribution in [1.29, 1.82) is 0 Å². The van der Waals surface area contributed by atoms with E-state index in [1.165, 1.54) is 0 Å². The summed E-state index contributed by atoms with van der Waals surface area (Å²) in [5.74, 6) is 0.266. The molecule has 0 unspecified atom stereocenters. The van der Waals surface area contributed by atoms with Gasteiger partial charge < -0.3 is 10.8 Å². The van der Waals surface area contributed by atoms with Gasteiger partial charge in [0, 0.05) is 5.92 Å². The smallest absolute Gasteiger partial charge is 0.152 e. The fourth-order valence-electron chi connectivity index (χ4n) is 1.41. The van der Waals surface area contributed by atoms with Crippen LogP contribution in [0.4, 0.5) is 0 Å². The van der Waals surface area contributed by atoms with E-state index >= 15 is 0 Å². The Morgan fingerprint density at radius 2 is 1.87 bits per heavy atom. The van der Waals surface area contributed by atoms with Crippen LogP contribution in [0.5, 0.6) is 5.75 Å². The lowest BCUT2D eigenvalue weighted by molar-refractivity contribution is -0.123. The van der Waals surface area contributed by atoms with Crippen LogP contribution < -0.4 is 5.73 Å². The van der Waals surface area contributed by atoms with Gasteiger partial charge in [0.15, 0.2) is 5.78 Å². The van der Waals surface area contributed by atoms with Gasteiger partial charge in [-0.15, -0.1) is 0 Å². The molecule has 3 nitrogen and oxygen atoms in total. The molecular formula is C12H17NO2. The molecule has 0 heterocycles. The average Bonchev–Trinajstić information content (AvgIpc) is 2.20. The van der Waals surface area contributed by atoms with Gasteiger partial charge in [-0.2, -0.15) is 0 Å². The molecule has 82 valence electrons. The quantitative estimate of drug-likeness (QED) is 0.786. The number of aromatic hydroxyl groups is 1. The monoisotopic (exact) mass is 207 g/mol. The van der Waals surface area contributed by atoms with Crippen LogP contribution in [0.25, 0.3) is 0 Å². The fourth-order valence-corrected chi connectivity index (χ4v) is 1.41. The largest absolute Gasteiger partial charge is 0.508 e. The van der Waals surface area contributed by atoms with Crippen LogP contribution in [0, 0.1) is 5.92 Å². The van der Waals surface area contributed by atoms with Crippen LogP contribution in [-0.2, 0) is 11.2 Å². The second-order valence-electron chi connectivity index (χ2n) is 4.03. The normalized spacial score (nSPS) is 12.8. The van der Waals surface area contributed by atoms with Gasteiger partial charge in [-0.3, -0.25) is 4.79 Å². The number of ketones is 1. The third kappa shape index (κ3) is 3.36. The number of carbonyl (C=O) groups excluding carboxylic acids is 1. The zero-order valence-electron chi connectivity index (χ0n) is 9.10. The van der Waals surface area contributed by atoms with Crippen LogP contribution >= 0.6 is 0 Å². The van der Waals surface area contributed by atoms with Crippen molar-refractivity contribution in [1.82, 2.24) is 0 Å². The molecule has 1 aromatic rings. The van der Waals surface area contributed by atoms with E-state index in [4.69, 9.17) is 10.8 Å². The highest BCUT2D eigenvalue weighted by Crippen LogP contribution is 2.12. The minimum absolute atomic E-state index is 0.0304. The molecule has 0 saturated carbocycles. The van der Waals surface area contributed by atoms with Crippen molar-refractivity contribution in [3.05, 3.63) is 29.8 Å². The van der Waals surface area contributed by atoms with Crippen LogP contribution in [0.2, 0.25) is 0 Å². The van der Waals surface area contributed by atoms with Gasteiger partial charge in [0.1, 0.15) is 5.75 Å². The summed E-state index contributed by atoms with van der Waals surface area (Å²) < 4.78 is 0. The maximum Gasteiger partial charge on any atom is 0.152 e. The first-order valence-electron chi connectivity index (χ1n) is 5.08. The highest BCUT2D eigenvalue weighted by atomic mass is 16.3. The maximum absolute atomic E-state index is 11.5. The summed E-state index contributed by atoms with van der Waals surface area (Å²) in [6, 6.07) is 6.31. The van der Waals surface area contributed by atoms with Crippen molar-refractivity contribution in [2.75, 3.05) is 0 Å². The molecule has 1 rings (SSSR count). The molecule has 1 atom stereocenters. The van der Waals surface area contributed by atoms with E-state index in [0.717, 1.165) is 5.56 Å². The lowest BCUT2D eigenvalue weighted by atomic mass is 9.96. The topological polar surface area (TPSA) is 63.3 Å². The van der Waals surface area contributed by atoms with Gasteiger partial charge >= 0.3 is 0 Å². The van der Waals surface area contributed by atoms with Crippen molar-refractivity contribution < 1.29 is 9.90 Å². The Hall–Kier alpha value is -1.35. The minimum atomic E-state index is -0.449. The Bertz CT molecular complexity index is 330. The Kier molecular flexibility index (Phi) is 3.86. The second kappa shape index (κ2) is 4.94. The first-order valence-corrected chi connectivity index (χ1v) is 5.08. The fraction of sp³-hybridized carbons (Fsp3) is 0.417. The van der Waals surface area contributed by atoms with Gasteiger partial charge in [-0.1, -0.05) is 26.0 Å². The highest BCUT2D eigenvalue weighted by molar-refractivity contribution is 5.85. The van der Waals surface area contributed by atoms with E-state index in [2.05, 4.69) is 0 Å². The summed E-state index contributed by atoms with van der Waals surface area (Å²) in [7, 11) is 0. The first-order chi connectivity index (χ1) is 7.00. The minimum Gasteiger partial charge on any atom is -0.508 e. The lowest BCUT2D eigenvalue weighted by Crippen LogP contribution is -2.35. The SMILES string of the molecule is CC(C)C(=O)[C@H](N)Cc1ccc(O)cc1. The molecule has 3 N–H and O–H groups in total. The molecule has 0 aliphatic heterocycles. The van der Waals surface area contributed by atoms with Gasteiger partial charge in [0.25, 0.3) is 0 Å². The summed E-state index contributed by atoms with van der Waals surface area (Å²) in [5.41, 5.74) is 6.74. The number of nitrogens with two attached hydrogens (primary N) is 1. The number of Topliss-reactive ketones (excluding diaryl/α,β-unsaturated/α-hetero) is 1. The number of hydrogen-bond donors (Lipinski definition) is 2. The van der Waals surface area contributed by atoms with Crippen LogP contribution in [0.3, 0.4) is 0 Å². The molecule has 0 radical (unpaired) electrons. The van der Waals surface area contributed by atoms with Gasteiger partial charge in [-0.25, -0.2) is 0 Å². The van der Waals surface area contributed by atoms with Crippen molar-refractivity contribution in [2.24, 2.45) is 11.7 Å². The third-order valence-electron chi connectivity index (χ3n) is 2.33. The number of phenolic OH excluding ortho intramolecular Hbond substituents is 1. The molecule has 3 heteroatoms. The molecule has 0 aliphatic rings. The Labute approximate surface area is 89.9 Å². The average molecular weight is 207 g/mol. The summed E-state index contributed by atoms with van der Waals surface area (Å²) >= 11 is 0. The predicted octanol–water partition coefficient (Wildman–Crippen LogP) is 1.49. The van der Waals surface area contributed by atoms with Crippen LogP contribution in [-0.4, -0.2) is 16.9 Å². The van der Waals surface area contributed by atoms with E-state index in [-0.39, 0.29) is 17.5 Å². The van der Waals surface area contributed by atoms with Crippen LogP contribution in [0.1, 0.15) is 19.4 Å². The zero-order chi connectivity index (χ0) is 11.4. The van der Waals surface area contributed by atoms with E-state index < -0.39 is 6.04 Å². The summed E-state index contributed by atoms with van der Waals surface area (Å²) in [6.45, 7) is 3.69. The Morgan fingerprint density at radius 3 is 2.33 bits per heavy atom. The van der Waals surface area contributed by atoms with E-state index in [9.17, 15) is 4.79 Å². The molecule has 1 aromatic carbocycles. The Morgan fingerprint density at radius 1 is 1.33 bits per heavy atom. The maximum atomic E-state index is 11.5. The first kappa shape index (κ1) is 11.7. The lowest BCUT2D eigenvalue weighted by Gasteiger charge is -2.12. The zero-order valence-corrected chi connectivity index (χ0v) is 9.10. The standard InChI is InChI=1S/C12H17NO2/c1-8(2)12(15)11(13)7-9-3-5-10(14)6-4-9/h3-6,8,11,14H,7,13H2,1-2H3/t11-/m1/s1. The summed E-state index contributed by atoms with van der Waals surface area (Å²) in [5, 5.41) is 9.09. The van der Waals surface area contributed by atoms with Crippen LogP contribution in [0.15, 0.2) is 24.3 Å². The summed E-state index contributed by atoms with van der Waals surface area (Å²) in [6.07, 6.45) is 0.525. The molecule has 0 fully saturated rings. The molecule has 0 bridgehead atoms. The molecular weight excluding hydrogens is 190 g/mol. The van der Waals surface area contributed by atoms with E-state index in [1.54, 1.807) is 24.3 Å². The molecule has 0 spiro atoms. The number of phenols is 1. The number of carbonyl (C=O) groups is 1. The summed E-state index contributed by atoms with van der Waals surface area (Å²) in [4.78, 5) is 11.5. The molecule has 0 amide bonds. The van der Waals surface area contributed by atoms with Crippen molar-refractivity contribution in [2.45, 2.75) is 26.3 Å². The second-order valence-corrected chi connectivity index (χ2v) is 4.03. The number of rotatable bonds is 4. The van der Waals surface area contributed by atoms with E-state index in [0.29, 0.717) is 6.42 Å². The molecule has 0 saturated heterocycles. The van der Waals surface area contributed by atoms with Crippen molar-refractivity contribution in [3.63, 3.8) is 0 Å². The van der Waals surface area contributed by atoms with E-state index in [1.807, 2.05) is 13.8 Å². The van der Waals surface area contributed by atoms with Gasteiger partial charge in [0.05, 0.1) is 6.04 Å². The van der Waals surface area contributed by atoms with Crippen molar-refractivity contribution >= 4 is 5.78 Å². The molecule has 15 heavy (non-hydrogen) atoms. The third-order valence-corrected chi connectivity index (χ3v) is 2.33. The number of hydrogen-bond acceptors (Lipinski definition) is 3. The highest BCUT2D eigenvalue weighted by Gasteiger charge is 2.16. The molecule has 0 aromatic heterocycles.